The second-order valence-electron chi connectivity index (χ2n) is 4.24. The van der Waals surface area contributed by atoms with E-state index in [1.54, 1.807) is 6.08 Å². The van der Waals surface area contributed by atoms with Gasteiger partial charge in [0.25, 0.3) is 0 Å². The van der Waals surface area contributed by atoms with E-state index in [4.69, 9.17) is 13.0 Å². The summed E-state index contributed by atoms with van der Waals surface area (Å²) >= 11 is 3.56. The maximum atomic E-state index is 9.73. The number of alkyl halides is 1. The van der Waals surface area contributed by atoms with Crippen LogP contribution in [0.1, 0.15) is 12.8 Å². The summed E-state index contributed by atoms with van der Waals surface area (Å²) in [6, 6.07) is 0. The van der Waals surface area contributed by atoms with Crippen LogP contribution in [0.4, 0.5) is 0 Å². The van der Waals surface area contributed by atoms with Gasteiger partial charge in [-0.2, -0.15) is 0 Å². The van der Waals surface area contributed by atoms with Crippen molar-refractivity contribution in [1.82, 2.24) is 0 Å². The Balaban J connectivity index is 2.42. The topological polar surface area (TPSA) is 40.5 Å². The molecular weight excluding hydrogens is 279 g/mol. The quantitative estimate of drug-likeness (QED) is 0.601. The van der Waals surface area contributed by atoms with Gasteiger partial charge in [-0.05, 0) is 29.6 Å². The Bertz CT molecular complexity index is 435. The zero-order valence-electron chi connectivity index (χ0n) is 9.44. The van der Waals surface area contributed by atoms with Crippen LogP contribution in [0.25, 0.3) is 0 Å². The van der Waals surface area contributed by atoms with Gasteiger partial charge in [0.05, 0.1) is 6.61 Å². The lowest BCUT2D eigenvalue weighted by molar-refractivity contribution is 0.124. The molecule has 0 heterocycles. The Morgan fingerprint density at radius 3 is 3.00 bits per heavy atom. The first-order valence-corrected chi connectivity index (χ1v) is 6.55. The highest BCUT2D eigenvalue weighted by molar-refractivity contribution is 9.09. The summed E-state index contributed by atoms with van der Waals surface area (Å²) in [6.45, 7) is -0.312. The molecule has 0 aliphatic heterocycles. The van der Waals surface area contributed by atoms with Crippen molar-refractivity contribution in [3.05, 3.63) is 46.5 Å². The van der Waals surface area contributed by atoms with E-state index in [-0.39, 0.29) is 6.61 Å². The lowest BCUT2D eigenvalue weighted by Gasteiger charge is -2.20. The van der Waals surface area contributed by atoms with Gasteiger partial charge in [0.2, 0.25) is 0 Å². The minimum atomic E-state index is -0.909. The number of hydrogen-bond donors (Lipinski definition) is 2. The van der Waals surface area contributed by atoms with Gasteiger partial charge in [-0.25, -0.2) is 0 Å². The lowest BCUT2D eigenvalue weighted by atomic mass is 9.78. The van der Waals surface area contributed by atoms with Gasteiger partial charge in [-0.15, -0.1) is 0 Å². The van der Waals surface area contributed by atoms with Crippen LogP contribution in [0.3, 0.4) is 0 Å². The average molecular weight is 293 g/mol. The van der Waals surface area contributed by atoms with Crippen molar-refractivity contribution in [3.63, 3.8) is 0 Å². The smallest absolute Gasteiger partial charge is 0.115 e. The largest absolute Gasteiger partial charge is 0.393 e. The normalized spacial score (nSPS) is 25.9. The minimum Gasteiger partial charge on any atom is -0.393 e. The summed E-state index contributed by atoms with van der Waals surface area (Å²) in [7, 11) is 6.09. The molecule has 2 atom stereocenters. The molecule has 4 heteroatoms. The first-order valence-electron chi connectivity index (χ1n) is 5.64. The third-order valence-electron chi connectivity index (χ3n) is 3.04. The van der Waals surface area contributed by atoms with Crippen molar-refractivity contribution in [2.45, 2.75) is 23.8 Å². The van der Waals surface area contributed by atoms with Crippen LogP contribution < -0.4 is 0 Å². The van der Waals surface area contributed by atoms with Gasteiger partial charge < -0.3 is 10.2 Å². The SMILES string of the molecule is [B]C1=C(C(O)CO)C=CCC2=CC(Br)CC=C21. The van der Waals surface area contributed by atoms with Gasteiger partial charge in [0.15, 0.2) is 0 Å². The summed E-state index contributed by atoms with van der Waals surface area (Å²) in [5, 5.41) is 18.7. The predicted molar refractivity (Wildman–Crippen MR) is 73.1 cm³/mol. The fourth-order valence-electron chi connectivity index (χ4n) is 2.15. The van der Waals surface area contributed by atoms with Crippen molar-refractivity contribution in [2.75, 3.05) is 6.61 Å². The molecule has 0 amide bonds. The molecule has 0 bridgehead atoms. The Hall–Kier alpha value is -0.575. The molecule has 2 nitrogen and oxygen atoms in total. The molecule has 0 aromatic carbocycles. The van der Waals surface area contributed by atoms with Crippen LogP contribution >= 0.6 is 15.9 Å². The van der Waals surface area contributed by atoms with Crippen LogP contribution in [0, 0.1) is 0 Å². The average Bonchev–Trinajstić information content (AvgIpc) is 2.48. The summed E-state index contributed by atoms with van der Waals surface area (Å²) in [5.74, 6) is 0. The molecule has 88 valence electrons. The minimum absolute atomic E-state index is 0.312. The Labute approximate surface area is 111 Å². The molecule has 17 heavy (non-hydrogen) atoms. The number of rotatable bonds is 2. The van der Waals surface area contributed by atoms with E-state index in [9.17, 15) is 5.11 Å². The first kappa shape index (κ1) is 12.9. The monoisotopic (exact) mass is 292 g/mol. The number of halogens is 1. The summed E-state index contributed by atoms with van der Waals surface area (Å²) < 4.78 is 0. The van der Waals surface area contributed by atoms with Gasteiger partial charge in [0, 0.05) is 4.83 Å². The van der Waals surface area contributed by atoms with Crippen molar-refractivity contribution >= 4 is 23.8 Å². The number of aliphatic hydroxyl groups is 2. The van der Waals surface area contributed by atoms with Crippen LogP contribution in [0.5, 0.6) is 0 Å². The molecule has 0 aromatic rings. The zero-order chi connectivity index (χ0) is 12.4. The van der Waals surface area contributed by atoms with Crippen LogP contribution in [0.15, 0.2) is 46.5 Å². The highest BCUT2D eigenvalue weighted by Gasteiger charge is 2.20. The van der Waals surface area contributed by atoms with Gasteiger partial charge in [-0.1, -0.05) is 45.7 Å². The molecule has 2 N–H and O–H groups in total. The fourth-order valence-corrected chi connectivity index (χ4v) is 2.65. The third-order valence-corrected chi connectivity index (χ3v) is 3.68. The highest BCUT2D eigenvalue weighted by atomic mass is 79.9. The number of allylic oxidation sites excluding steroid dienone is 6. The van der Waals surface area contributed by atoms with E-state index in [1.165, 1.54) is 5.57 Å². The molecule has 2 rings (SSSR count). The van der Waals surface area contributed by atoms with Crippen molar-refractivity contribution in [3.8, 4) is 0 Å². The molecule has 0 spiro atoms. The maximum Gasteiger partial charge on any atom is 0.115 e. The zero-order valence-corrected chi connectivity index (χ0v) is 11.0. The molecule has 0 aromatic heterocycles. The number of fused-ring (bicyclic) bond motifs is 1. The van der Waals surface area contributed by atoms with Crippen molar-refractivity contribution in [2.24, 2.45) is 0 Å². The lowest BCUT2D eigenvalue weighted by Crippen LogP contribution is -2.17. The first-order chi connectivity index (χ1) is 8.13. The van der Waals surface area contributed by atoms with E-state index in [0.717, 1.165) is 18.4 Å². The van der Waals surface area contributed by atoms with E-state index in [0.29, 0.717) is 15.9 Å². The van der Waals surface area contributed by atoms with Crippen molar-refractivity contribution < 1.29 is 10.2 Å². The molecule has 2 radical (unpaired) electrons. The van der Waals surface area contributed by atoms with Crippen LogP contribution in [0.2, 0.25) is 0 Å². The fraction of sp³-hybridized carbons (Fsp3) is 0.385. The van der Waals surface area contributed by atoms with Gasteiger partial charge in [-0.3, -0.25) is 0 Å². The number of aliphatic hydroxyl groups excluding tert-OH is 2. The predicted octanol–water partition coefficient (Wildman–Crippen LogP) is 1.74. The second kappa shape index (κ2) is 5.38. The summed E-state index contributed by atoms with van der Waals surface area (Å²) in [6.07, 6.45) is 8.80. The van der Waals surface area contributed by atoms with Gasteiger partial charge in [0.1, 0.15) is 14.0 Å². The molecule has 2 unspecified atom stereocenters. The molecule has 0 saturated heterocycles. The maximum absolute atomic E-state index is 9.73. The third kappa shape index (κ3) is 2.64. The molecule has 0 saturated carbocycles. The van der Waals surface area contributed by atoms with Crippen LogP contribution in [-0.2, 0) is 0 Å². The molecule has 2 aliphatic carbocycles. The number of hydrogen-bond acceptors (Lipinski definition) is 2. The highest BCUT2D eigenvalue weighted by Crippen LogP contribution is 2.33. The van der Waals surface area contributed by atoms with E-state index < -0.39 is 6.10 Å². The van der Waals surface area contributed by atoms with Gasteiger partial charge >= 0.3 is 0 Å². The molecule has 2 aliphatic rings. The summed E-state index contributed by atoms with van der Waals surface area (Å²) in [4.78, 5) is 0.353. The Kier molecular flexibility index (Phi) is 4.07. The molecular formula is C13H14BBrO2. The van der Waals surface area contributed by atoms with Crippen molar-refractivity contribution in [1.29, 1.82) is 0 Å². The second-order valence-corrected chi connectivity index (χ2v) is 5.41. The Morgan fingerprint density at radius 1 is 1.53 bits per heavy atom. The standard InChI is InChI=1S/C13H14BBrO2/c14-13-10-5-4-9(15)6-8(10)2-1-3-11(13)12(17)7-16/h1,3,5-6,9,12,16-17H,2,4,7H2. The Morgan fingerprint density at radius 2 is 2.29 bits per heavy atom. The van der Waals surface area contributed by atoms with E-state index >= 15 is 0 Å². The van der Waals surface area contributed by atoms with Crippen LogP contribution in [-0.4, -0.2) is 35.6 Å². The van der Waals surface area contributed by atoms with E-state index in [1.807, 2.05) is 6.08 Å². The van der Waals surface area contributed by atoms with E-state index in [2.05, 4.69) is 28.1 Å². The summed E-state index contributed by atoms with van der Waals surface area (Å²) in [5.41, 5.74) is 3.35. The molecule has 0 fully saturated rings.